The Morgan fingerprint density at radius 3 is 2.37 bits per heavy atom. The van der Waals surface area contributed by atoms with Crippen molar-refractivity contribution in [2.24, 2.45) is 0 Å². The van der Waals surface area contributed by atoms with Crippen LogP contribution in [0.15, 0.2) is 0 Å². The maximum absolute atomic E-state index is 11.6. The normalized spacial score (nSPS) is 24.8. The first-order chi connectivity index (χ1) is 8.67. The summed E-state index contributed by atoms with van der Waals surface area (Å²) in [6.45, 7) is 7.08. The number of carbonyl (C=O) groups excluding carboxylic acids is 1. The predicted octanol–water partition coefficient (Wildman–Crippen LogP) is 1.49. The molecule has 3 unspecified atom stereocenters. The highest BCUT2D eigenvalue weighted by molar-refractivity contribution is 5.72. The molecule has 1 aliphatic carbocycles. The number of rotatable bonds is 4. The topological polar surface area (TPSA) is 87.7 Å². The highest BCUT2D eigenvalue weighted by Gasteiger charge is 2.29. The summed E-state index contributed by atoms with van der Waals surface area (Å²) in [4.78, 5) is 22.4. The van der Waals surface area contributed by atoms with E-state index < -0.39 is 23.7 Å². The van der Waals surface area contributed by atoms with Gasteiger partial charge in [0.2, 0.25) is 0 Å². The molecule has 0 aromatic carbocycles. The van der Waals surface area contributed by atoms with Crippen molar-refractivity contribution in [2.45, 2.75) is 70.7 Å². The lowest BCUT2D eigenvalue weighted by Gasteiger charge is -2.22. The lowest BCUT2D eigenvalue weighted by atomic mass is 10.2. The van der Waals surface area contributed by atoms with Gasteiger partial charge in [0.25, 0.3) is 0 Å². The fourth-order valence-corrected chi connectivity index (χ4v) is 2.16. The van der Waals surface area contributed by atoms with Crippen molar-refractivity contribution < 1.29 is 19.4 Å². The van der Waals surface area contributed by atoms with E-state index in [0.717, 1.165) is 19.3 Å². The average Bonchev–Trinajstić information content (AvgIpc) is 2.61. The number of hydrogen-bond acceptors (Lipinski definition) is 4. The van der Waals surface area contributed by atoms with Crippen LogP contribution in [0.2, 0.25) is 0 Å². The first-order valence-electron chi connectivity index (χ1n) is 6.66. The van der Waals surface area contributed by atoms with Crippen molar-refractivity contribution in [1.29, 1.82) is 0 Å². The summed E-state index contributed by atoms with van der Waals surface area (Å²) in [5.41, 5.74) is -0.502. The van der Waals surface area contributed by atoms with Gasteiger partial charge in [-0.3, -0.25) is 4.79 Å². The molecule has 19 heavy (non-hydrogen) atoms. The van der Waals surface area contributed by atoms with Gasteiger partial charge in [-0.15, -0.1) is 0 Å². The van der Waals surface area contributed by atoms with Crippen molar-refractivity contribution in [3.05, 3.63) is 0 Å². The summed E-state index contributed by atoms with van der Waals surface area (Å²) in [6, 6.07) is -0.385. The molecule has 0 bridgehead atoms. The van der Waals surface area contributed by atoms with E-state index in [9.17, 15) is 9.59 Å². The molecule has 1 aliphatic rings. The zero-order valence-corrected chi connectivity index (χ0v) is 12.0. The number of carboxylic acid groups (broad SMARTS) is 1. The van der Waals surface area contributed by atoms with Crippen LogP contribution in [0.4, 0.5) is 4.79 Å². The van der Waals surface area contributed by atoms with E-state index in [1.54, 1.807) is 6.92 Å². The Hall–Kier alpha value is -1.30. The van der Waals surface area contributed by atoms with Crippen LogP contribution < -0.4 is 10.6 Å². The molecular formula is C13H24N2O4. The van der Waals surface area contributed by atoms with Gasteiger partial charge in [0, 0.05) is 12.1 Å². The van der Waals surface area contributed by atoms with E-state index in [0.29, 0.717) is 0 Å². The van der Waals surface area contributed by atoms with Crippen molar-refractivity contribution in [3.63, 3.8) is 0 Å². The first-order valence-corrected chi connectivity index (χ1v) is 6.66. The SMILES string of the molecule is CC(NC1CCC(NC(=O)OC(C)(C)C)C1)C(=O)O. The number of nitrogens with one attached hydrogen (secondary N) is 2. The van der Waals surface area contributed by atoms with Crippen molar-refractivity contribution in [2.75, 3.05) is 0 Å². The second kappa shape index (κ2) is 6.23. The summed E-state index contributed by atoms with van der Waals surface area (Å²) in [5.74, 6) is -0.858. The second-order valence-electron chi connectivity index (χ2n) is 6.08. The maximum Gasteiger partial charge on any atom is 0.407 e. The molecule has 0 spiro atoms. The van der Waals surface area contributed by atoms with Crippen LogP contribution in [0.3, 0.4) is 0 Å². The molecule has 6 heteroatoms. The van der Waals surface area contributed by atoms with Gasteiger partial charge in [0.15, 0.2) is 0 Å². The van der Waals surface area contributed by atoms with Crippen LogP contribution in [0.5, 0.6) is 0 Å². The molecule has 0 heterocycles. The van der Waals surface area contributed by atoms with Crippen molar-refractivity contribution in [3.8, 4) is 0 Å². The minimum absolute atomic E-state index is 0.0494. The Labute approximate surface area is 113 Å². The van der Waals surface area contributed by atoms with E-state index in [4.69, 9.17) is 9.84 Å². The van der Waals surface area contributed by atoms with E-state index in [1.165, 1.54) is 0 Å². The fraction of sp³-hybridized carbons (Fsp3) is 0.846. The van der Waals surface area contributed by atoms with Gasteiger partial charge in [0.1, 0.15) is 11.6 Å². The van der Waals surface area contributed by atoms with Gasteiger partial charge in [-0.2, -0.15) is 0 Å². The highest BCUT2D eigenvalue weighted by Crippen LogP contribution is 2.20. The van der Waals surface area contributed by atoms with Gasteiger partial charge in [-0.05, 0) is 47.0 Å². The maximum atomic E-state index is 11.6. The van der Waals surface area contributed by atoms with Crippen LogP contribution in [0.25, 0.3) is 0 Å². The lowest BCUT2D eigenvalue weighted by molar-refractivity contribution is -0.139. The zero-order chi connectivity index (χ0) is 14.6. The first kappa shape index (κ1) is 15.8. The number of hydrogen-bond donors (Lipinski definition) is 3. The molecule has 110 valence electrons. The quantitative estimate of drug-likeness (QED) is 0.721. The number of ether oxygens (including phenoxy) is 1. The van der Waals surface area contributed by atoms with Gasteiger partial charge in [-0.1, -0.05) is 0 Å². The molecule has 1 fully saturated rings. The Morgan fingerprint density at radius 1 is 1.26 bits per heavy atom. The van der Waals surface area contributed by atoms with E-state index in [2.05, 4.69) is 10.6 Å². The van der Waals surface area contributed by atoms with Crippen LogP contribution in [0.1, 0.15) is 47.0 Å². The summed E-state index contributed by atoms with van der Waals surface area (Å²) < 4.78 is 5.19. The third kappa shape index (κ3) is 5.92. The van der Waals surface area contributed by atoms with Crippen molar-refractivity contribution in [1.82, 2.24) is 10.6 Å². The van der Waals surface area contributed by atoms with Gasteiger partial charge in [-0.25, -0.2) is 4.79 Å². The molecule has 0 aliphatic heterocycles. The second-order valence-corrected chi connectivity index (χ2v) is 6.08. The Morgan fingerprint density at radius 2 is 1.84 bits per heavy atom. The Bertz CT molecular complexity index is 338. The van der Waals surface area contributed by atoms with Crippen LogP contribution in [-0.4, -0.2) is 40.9 Å². The van der Waals surface area contributed by atoms with E-state index in [-0.39, 0.29) is 12.1 Å². The Balaban J connectivity index is 2.32. The molecule has 1 saturated carbocycles. The zero-order valence-electron chi connectivity index (χ0n) is 12.0. The molecule has 3 atom stereocenters. The van der Waals surface area contributed by atoms with Crippen LogP contribution in [0, 0.1) is 0 Å². The molecule has 0 radical (unpaired) electrons. The molecule has 1 amide bonds. The van der Waals surface area contributed by atoms with Gasteiger partial charge >= 0.3 is 12.1 Å². The third-order valence-corrected chi connectivity index (χ3v) is 3.01. The standard InChI is InChI=1S/C13H24N2O4/c1-8(11(16)17)14-9-5-6-10(7-9)15-12(18)19-13(2,3)4/h8-10,14H,5-7H2,1-4H3,(H,15,18)(H,16,17). The average molecular weight is 272 g/mol. The van der Waals surface area contributed by atoms with Crippen LogP contribution >= 0.6 is 0 Å². The monoisotopic (exact) mass is 272 g/mol. The molecule has 0 saturated heterocycles. The number of carbonyl (C=O) groups is 2. The number of alkyl carbamates (subject to hydrolysis) is 1. The van der Waals surface area contributed by atoms with E-state index >= 15 is 0 Å². The minimum Gasteiger partial charge on any atom is -0.480 e. The summed E-state index contributed by atoms with van der Waals surface area (Å²) in [7, 11) is 0. The molecule has 1 rings (SSSR count). The number of carboxylic acids is 1. The highest BCUT2D eigenvalue weighted by atomic mass is 16.6. The summed E-state index contributed by atoms with van der Waals surface area (Å²) >= 11 is 0. The predicted molar refractivity (Wildman–Crippen MR) is 71.0 cm³/mol. The summed E-state index contributed by atoms with van der Waals surface area (Å²) in [6.07, 6.45) is 2.02. The van der Waals surface area contributed by atoms with Crippen molar-refractivity contribution >= 4 is 12.1 Å². The van der Waals surface area contributed by atoms with Gasteiger partial charge in [0.05, 0.1) is 0 Å². The third-order valence-electron chi connectivity index (χ3n) is 3.01. The molecule has 3 N–H and O–H groups in total. The van der Waals surface area contributed by atoms with Gasteiger partial charge < -0.3 is 20.5 Å². The molecule has 6 nitrogen and oxygen atoms in total. The molecular weight excluding hydrogens is 248 g/mol. The fourth-order valence-electron chi connectivity index (χ4n) is 2.16. The smallest absolute Gasteiger partial charge is 0.407 e. The Kier molecular flexibility index (Phi) is 5.17. The largest absolute Gasteiger partial charge is 0.480 e. The molecule has 0 aromatic rings. The number of aliphatic carboxylic acids is 1. The lowest BCUT2D eigenvalue weighted by Crippen LogP contribution is -2.42. The summed E-state index contributed by atoms with van der Waals surface area (Å²) in [5, 5.41) is 14.7. The minimum atomic E-state index is -0.858. The van der Waals surface area contributed by atoms with E-state index in [1.807, 2.05) is 20.8 Å². The van der Waals surface area contributed by atoms with Crippen LogP contribution in [-0.2, 0) is 9.53 Å². The molecule has 0 aromatic heterocycles. The number of amides is 1.